The summed E-state index contributed by atoms with van der Waals surface area (Å²) in [6, 6.07) is 4.28. The van der Waals surface area contributed by atoms with Crippen molar-refractivity contribution in [3.8, 4) is 0 Å². The Morgan fingerprint density at radius 1 is 1.32 bits per heavy atom. The van der Waals surface area contributed by atoms with E-state index in [2.05, 4.69) is 33.5 Å². The van der Waals surface area contributed by atoms with Crippen LogP contribution in [0.5, 0.6) is 0 Å². The molecule has 2 aliphatic rings. The van der Waals surface area contributed by atoms with E-state index in [4.69, 9.17) is 9.73 Å². The fourth-order valence-corrected chi connectivity index (χ4v) is 3.62. The standard InChI is InChI=1S/C20H32N6O2/c1-3-18(27)26-9-7-17(15-26)24-20(21-4-2)23-14-16-6-5-8-22-19(16)25-10-12-28-13-11-25/h5-6,8,17H,3-4,7,9-15H2,1-2H3,(H2,21,23,24). The molecule has 3 heterocycles. The number of nitrogens with zero attached hydrogens (tertiary/aromatic N) is 4. The van der Waals surface area contributed by atoms with Crippen LogP contribution in [0, 0.1) is 0 Å². The molecular formula is C20H32N6O2. The fraction of sp³-hybridized carbons (Fsp3) is 0.650. The second-order valence-corrected chi connectivity index (χ2v) is 7.10. The van der Waals surface area contributed by atoms with Gasteiger partial charge >= 0.3 is 0 Å². The average molecular weight is 389 g/mol. The zero-order valence-electron chi connectivity index (χ0n) is 17.0. The van der Waals surface area contributed by atoms with Gasteiger partial charge in [0, 0.05) is 56.9 Å². The Balaban J connectivity index is 1.64. The van der Waals surface area contributed by atoms with E-state index in [0.717, 1.165) is 69.7 Å². The molecule has 0 spiro atoms. The predicted molar refractivity (Wildman–Crippen MR) is 110 cm³/mol. The summed E-state index contributed by atoms with van der Waals surface area (Å²) in [5, 5.41) is 6.80. The van der Waals surface area contributed by atoms with Gasteiger partial charge in [-0.1, -0.05) is 13.0 Å². The summed E-state index contributed by atoms with van der Waals surface area (Å²) in [4.78, 5) is 25.5. The maximum atomic E-state index is 11.9. The molecule has 0 saturated carbocycles. The van der Waals surface area contributed by atoms with Gasteiger partial charge in [0.05, 0.1) is 19.8 Å². The maximum absolute atomic E-state index is 11.9. The van der Waals surface area contributed by atoms with Crippen LogP contribution in [0.25, 0.3) is 0 Å². The van der Waals surface area contributed by atoms with E-state index in [0.29, 0.717) is 13.0 Å². The number of aliphatic imine (C=N–C) groups is 1. The van der Waals surface area contributed by atoms with Crippen molar-refractivity contribution in [1.29, 1.82) is 0 Å². The SMILES string of the molecule is CCNC(=NCc1cccnc1N1CCOCC1)NC1CCN(C(=O)CC)C1. The van der Waals surface area contributed by atoms with Gasteiger partial charge in [-0.05, 0) is 19.4 Å². The van der Waals surface area contributed by atoms with Crippen LogP contribution >= 0.6 is 0 Å². The fourth-order valence-electron chi connectivity index (χ4n) is 3.62. The van der Waals surface area contributed by atoms with Crippen LogP contribution in [0.1, 0.15) is 32.3 Å². The van der Waals surface area contributed by atoms with E-state index in [1.807, 2.05) is 24.1 Å². The number of hydrogen-bond acceptors (Lipinski definition) is 5. The van der Waals surface area contributed by atoms with Crippen LogP contribution in [0.15, 0.2) is 23.3 Å². The first kappa shape index (κ1) is 20.4. The number of ether oxygens (including phenoxy) is 1. The number of aromatic nitrogens is 1. The molecular weight excluding hydrogens is 356 g/mol. The van der Waals surface area contributed by atoms with Gasteiger partial charge in [0.1, 0.15) is 5.82 Å². The Morgan fingerprint density at radius 2 is 2.14 bits per heavy atom. The first-order valence-corrected chi connectivity index (χ1v) is 10.3. The molecule has 3 rings (SSSR count). The summed E-state index contributed by atoms with van der Waals surface area (Å²) in [7, 11) is 0. The van der Waals surface area contributed by atoms with Gasteiger partial charge < -0.3 is 25.2 Å². The highest BCUT2D eigenvalue weighted by Gasteiger charge is 2.25. The zero-order chi connectivity index (χ0) is 19.8. The predicted octanol–water partition coefficient (Wildman–Crippen LogP) is 0.984. The third-order valence-electron chi connectivity index (χ3n) is 5.11. The molecule has 28 heavy (non-hydrogen) atoms. The molecule has 2 aliphatic heterocycles. The number of hydrogen-bond donors (Lipinski definition) is 2. The largest absolute Gasteiger partial charge is 0.378 e. The van der Waals surface area contributed by atoms with Crippen LogP contribution in [-0.2, 0) is 16.1 Å². The summed E-state index contributed by atoms with van der Waals surface area (Å²) >= 11 is 0. The molecule has 0 aromatic carbocycles. The van der Waals surface area contributed by atoms with Gasteiger partial charge in [0.25, 0.3) is 0 Å². The number of anilines is 1. The van der Waals surface area contributed by atoms with Crippen LogP contribution in [0.2, 0.25) is 0 Å². The molecule has 2 N–H and O–H groups in total. The number of carbonyl (C=O) groups is 1. The molecule has 1 atom stereocenters. The van der Waals surface area contributed by atoms with Crippen molar-refractivity contribution in [3.05, 3.63) is 23.9 Å². The zero-order valence-corrected chi connectivity index (χ0v) is 17.0. The molecule has 2 fully saturated rings. The van der Waals surface area contributed by atoms with Gasteiger partial charge in [0.15, 0.2) is 5.96 Å². The minimum absolute atomic E-state index is 0.219. The molecule has 0 aliphatic carbocycles. The van der Waals surface area contributed by atoms with Crippen molar-refractivity contribution in [2.75, 3.05) is 50.8 Å². The molecule has 1 unspecified atom stereocenters. The third-order valence-corrected chi connectivity index (χ3v) is 5.11. The number of amides is 1. The monoisotopic (exact) mass is 388 g/mol. The van der Waals surface area contributed by atoms with E-state index < -0.39 is 0 Å². The highest BCUT2D eigenvalue weighted by molar-refractivity contribution is 5.80. The first-order chi connectivity index (χ1) is 13.7. The Morgan fingerprint density at radius 3 is 2.89 bits per heavy atom. The summed E-state index contributed by atoms with van der Waals surface area (Å²) in [6.45, 7) is 10.0. The second-order valence-electron chi connectivity index (χ2n) is 7.10. The van der Waals surface area contributed by atoms with Crippen molar-refractivity contribution in [2.24, 2.45) is 4.99 Å². The molecule has 0 bridgehead atoms. The Hall–Kier alpha value is -2.35. The topological polar surface area (TPSA) is 82.1 Å². The van der Waals surface area contributed by atoms with Crippen LogP contribution in [0.4, 0.5) is 5.82 Å². The van der Waals surface area contributed by atoms with Crippen LogP contribution in [-0.4, -0.2) is 73.7 Å². The van der Waals surface area contributed by atoms with E-state index in [9.17, 15) is 4.79 Å². The van der Waals surface area contributed by atoms with Gasteiger partial charge in [-0.2, -0.15) is 0 Å². The highest BCUT2D eigenvalue weighted by atomic mass is 16.5. The number of likely N-dealkylation sites (tertiary alicyclic amines) is 1. The Kier molecular flexibility index (Phi) is 7.47. The average Bonchev–Trinajstić information content (AvgIpc) is 3.21. The van der Waals surface area contributed by atoms with Gasteiger partial charge in [-0.25, -0.2) is 9.98 Å². The lowest BCUT2D eigenvalue weighted by Crippen LogP contribution is -2.45. The first-order valence-electron chi connectivity index (χ1n) is 10.3. The molecule has 8 heteroatoms. The Bertz CT molecular complexity index is 674. The normalized spacial score (nSPS) is 20.4. The number of carbonyl (C=O) groups excluding carboxylic acids is 1. The second kappa shape index (κ2) is 10.3. The summed E-state index contributed by atoms with van der Waals surface area (Å²) in [5.41, 5.74) is 1.11. The molecule has 1 aromatic heterocycles. The van der Waals surface area contributed by atoms with Gasteiger partial charge in [0.2, 0.25) is 5.91 Å². The number of nitrogens with one attached hydrogen (secondary N) is 2. The van der Waals surface area contributed by atoms with Crippen molar-refractivity contribution in [3.63, 3.8) is 0 Å². The Labute approximate surface area is 167 Å². The van der Waals surface area contributed by atoms with Crippen molar-refractivity contribution in [1.82, 2.24) is 20.5 Å². The smallest absolute Gasteiger partial charge is 0.222 e. The van der Waals surface area contributed by atoms with Gasteiger partial charge in [-0.15, -0.1) is 0 Å². The molecule has 154 valence electrons. The van der Waals surface area contributed by atoms with Crippen LogP contribution in [0.3, 0.4) is 0 Å². The summed E-state index contributed by atoms with van der Waals surface area (Å²) < 4.78 is 5.45. The lowest BCUT2D eigenvalue weighted by Gasteiger charge is -2.29. The highest BCUT2D eigenvalue weighted by Crippen LogP contribution is 2.19. The number of pyridine rings is 1. The maximum Gasteiger partial charge on any atom is 0.222 e. The lowest BCUT2D eigenvalue weighted by atomic mass is 10.2. The summed E-state index contributed by atoms with van der Waals surface area (Å²) in [5.74, 6) is 2.00. The minimum atomic E-state index is 0.219. The molecule has 8 nitrogen and oxygen atoms in total. The van der Waals surface area contributed by atoms with Crippen molar-refractivity contribution >= 4 is 17.7 Å². The van der Waals surface area contributed by atoms with E-state index in [1.165, 1.54) is 0 Å². The summed E-state index contributed by atoms with van der Waals surface area (Å²) in [6.07, 6.45) is 3.34. The number of guanidine groups is 1. The van der Waals surface area contributed by atoms with E-state index in [1.54, 1.807) is 0 Å². The van der Waals surface area contributed by atoms with Crippen LogP contribution < -0.4 is 15.5 Å². The van der Waals surface area contributed by atoms with E-state index in [-0.39, 0.29) is 11.9 Å². The molecule has 1 aromatic rings. The van der Waals surface area contributed by atoms with Crippen molar-refractivity contribution in [2.45, 2.75) is 39.3 Å². The minimum Gasteiger partial charge on any atom is -0.378 e. The van der Waals surface area contributed by atoms with E-state index >= 15 is 0 Å². The van der Waals surface area contributed by atoms with Crippen molar-refractivity contribution < 1.29 is 9.53 Å². The molecule has 1 amide bonds. The van der Waals surface area contributed by atoms with Gasteiger partial charge in [-0.3, -0.25) is 4.79 Å². The quantitative estimate of drug-likeness (QED) is 0.559. The number of rotatable bonds is 6. The lowest BCUT2D eigenvalue weighted by molar-refractivity contribution is -0.129. The molecule has 2 saturated heterocycles. The number of morpholine rings is 1. The molecule has 0 radical (unpaired) electrons. The third kappa shape index (κ3) is 5.34.